The maximum absolute atomic E-state index is 12.2. The number of ether oxygens (including phenoxy) is 2. The number of carbonyl (C=O) groups is 3. The fraction of sp³-hybridized carbons (Fsp3) is 0.250. The van der Waals surface area contributed by atoms with Crippen LogP contribution in [0.1, 0.15) is 28.4 Å². The molecule has 2 rings (SSSR count). The van der Waals surface area contributed by atoms with Crippen LogP contribution in [0, 0.1) is 13.8 Å². The molecule has 1 atom stereocenters. The van der Waals surface area contributed by atoms with Crippen LogP contribution in [0.25, 0.3) is 0 Å². The number of carbonyl (C=O) groups excluding carboxylic acids is 3. The molecule has 2 aromatic rings. The van der Waals surface area contributed by atoms with Gasteiger partial charge in [0.25, 0.3) is 5.91 Å². The van der Waals surface area contributed by atoms with E-state index in [-0.39, 0.29) is 6.61 Å². The highest BCUT2D eigenvalue weighted by Gasteiger charge is 2.19. The molecule has 0 aromatic heterocycles. The number of hydrogen-bond acceptors (Lipinski definition) is 5. The second-order valence-corrected chi connectivity index (χ2v) is 5.86. The van der Waals surface area contributed by atoms with Crippen LogP contribution in [0.15, 0.2) is 42.5 Å². The van der Waals surface area contributed by atoms with E-state index in [9.17, 15) is 14.4 Å². The summed E-state index contributed by atoms with van der Waals surface area (Å²) in [5.74, 6) is -0.639. The fourth-order valence-electron chi connectivity index (χ4n) is 2.31. The number of benzene rings is 2. The van der Waals surface area contributed by atoms with E-state index in [1.165, 1.54) is 6.92 Å². The van der Waals surface area contributed by atoms with E-state index in [2.05, 4.69) is 5.32 Å². The molecule has 26 heavy (non-hydrogen) atoms. The second kappa shape index (κ2) is 8.80. The summed E-state index contributed by atoms with van der Waals surface area (Å²) in [6, 6.07) is 12.0. The van der Waals surface area contributed by atoms with Gasteiger partial charge >= 0.3 is 5.97 Å². The van der Waals surface area contributed by atoms with Crippen LogP contribution in [0.4, 0.5) is 5.69 Å². The summed E-state index contributed by atoms with van der Waals surface area (Å²) in [7, 11) is 0. The van der Waals surface area contributed by atoms with Gasteiger partial charge in [-0.15, -0.1) is 0 Å². The van der Waals surface area contributed by atoms with Crippen LogP contribution in [-0.2, 0) is 14.3 Å². The standard InChI is InChI=1S/C20H21NO5/c1-13-5-4-6-14(2)19(13)21-20(24)15(3)26-18(23)12-25-17-9-7-16(11-22)8-10-17/h4-11,15H,12H2,1-3H3,(H,21,24)/t15-/m0/s1. The summed E-state index contributed by atoms with van der Waals surface area (Å²) in [5, 5.41) is 2.78. The van der Waals surface area contributed by atoms with Crippen molar-refractivity contribution in [2.45, 2.75) is 26.9 Å². The first kappa shape index (κ1) is 19.2. The molecule has 0 fully saturated rings. The van der Waals surface area contributed by atoms with E-state index >= 15 is 0 Å². The molecule has 1 N–H and O–H groups in total. The largest absolute Gasteiger partial charge is 0.482 e. The maximum atomic E-state index is 12.2. The molecule has 0 spiro atoms. The number of hydrogen-bond donors (Lipinski definition) is 1. The fourth-order valence-corrected chi connectivity index (χ4v) is 2.31. The number of para-hydroxylation sites is 1. The average Bonchev–Trinajstić information content (AvgIpc) is 2.63. The molecule has 0 aliphatic heterocycles. The van der Waals surface area contributed by atoms with E-state index in [0.29, 0.717) is 23.3 Å². The zero-order valence-corrected chi connectivity index (χ0v) is 14.9. The highest BCUT2D eigenvalue weighted by Crippen LogP contribution is 2.19. The molecule has 6 nitrogen and oxygen atoms in total. The number of amides is 1. The van der Waals surface area contributed by atoms with Crippen molar-refractivity contribution in [1.82, 2.24) is 0 Å². The van der Waals surface area contributed by atoms with Gasteiger partial charge in [0.05, 0.1) is 0 Å². The quantitative estimate of drug-likeness (QED) is 0.610. The third kappa shape index (κ3) is 5.17. The molecule has 0 aliphatic rings. The molecule has 0 heterocycles. The number of rotatable bonds is 7. The minimum atomic E-state index is -0.956. The van der Waals surface area contributed by atoms with Crippen LogP contribution >= 0.6 is 0 Å². The van der Waals surface area contributed by atoms with Crippen LogP contribution in [-0.4, -0.2) is 30.9 Å². The van der Waals surface area contributed by atoms with Gasteiger partial charge < -0.3 is 14.8 Å². The number of aldehydes is 1. The van der Waals surface area contributed by atoms with Gasteiger partial charge in [-0.25, -0.2) is 4.79 Å². The zero-order chi connectivity index (χ0) is 19.1. The Morgan fingerprint density at radius 1 is 1.08 bits per heavy atom. The lowest BCUT2D eigenvalue weighted by Crippen LogP contribution is -2.32. The van der Waals surface area contributed by atoms with E-state index < -0.39 is 18.0 Å². The van der Waals surface area contributed by atoms with Crippen molar-refractivity contribution >= 4 is 23.9 Å². The molecule has 2 aromatic carbocycles. The van der Waals surface area contributed by atoms with Crippen LogP contribution in [0.3, 0.4) is 0 Å². The molecular formula is C20H21NO5. The summed E-state index contributed by atoms with van der Waals surface area (Å²) in [6.07, 6.45) is -0.239. The lowest BCUT2D eigenvalue weighted by molar-refractivity contribution is -0.155. The van der Waals surface area contributed by atoms with Crippen LogP contribution in [0.5, 0.6) is 5.75 Å². The third-order valence-electron chi connectivity index (χ3n) is 3.78. The Labute approximate surface area is 152 Å². The summed E-state index contributed by atoms with van der Waals surface area (Å²) < 4.78 is 10.4. The molecule has 1 amide bonds. The Balaban J connectivity index is 1.85. The number of nitrogens with one attached hydrogen (secondary N) is 1. The molecule has 0 unspecified atom stereocenters. The van der Waals surface area contributed by atoms with Gasteiger partial charge in [0, 0.05) is 11.3 Å². The molecule has 0 bridgehead atoms. The van der Waals surface area contributed by atoms with Gasteiger partial charge in [0.2, 0.25) is 0 Å². The first-order chi connectivity index (χ1) is 12.4. The molecule has 0 saturated heterocycles. The lowest BCUT2D eigenvalue weighted by Gasteiger charge is -2.16. The molecule has 136 valence electrons. The second-order valence-electron chi connectivity index (χ2n) is 5.86. The Bertz CT molecular complexity index is 778. The van der Waals surface area contributed by atoms with Gasteiger partial charge in [-0.2, -0.15) is 0 Å². The van der Waals surface area contributed by atoms with Crippen molar-refractivity contribution < 1.29 is 23.9 Å². The third-order valence-corrected chi connectivity index (χ3v) is 3.78. The highest BCUT2D eigenvalue weighted by molar-refractivity contribution is 5.96. The summed E-state index contributed by atoms with van der Waals surface area (Å²) >= 11 is 0. The van der Waals surface area contributed by atoms with Crippen LogP contribution in [0.2, 0.25) is 0 Å². The molecule has 0 saturated carbocycles. The van der Waals surface area contributed by atoms with Crippen molar-refractivity contribution in [2.75, 3.05) is 11.9 Å². The number of esters is 1. The number of anilines is 1. The SMILES string of the molecule is Cc1cccc(C)c1NC(=O)[C@H](C)OC(=O)COc1ccc(C=O)cc1. The summed E-state index contributed by atoms with van der Waals surface area (Å²) in [4.78, 5) is 34.7. The monoisotopic (exact) mass is 355 g/mol. The van der Waals surface area contributed by atoms with E-state index in [0.717, 1.165) is 11.1 Å². The Morgan fingerprint density at radius 2 is 1.69 bits per heavy atom. The van der Waals surface area contributed by atoms with Gasteiger partial charge in [0.15, 0.2) is 12.7 Å². The van der Waals surface area contributed by atoms with Crippen molar-refractivity contribution in [2.24, 2.45) is 0 Å². The Hall–Kier alpha value is -3.15. The minimum Gasteiger partial charge on any atom is -0.482 e. The van der Waals surface area contributed by atoms with Crippen molar-refractivity contribution in [1.29, 1.82) is 0 Å². The molecule has 0 radical (unpaired) electrons. The zero-order valence-electron chi connectivity index (χ0n) is 14.9. The van der Waals surface area contributed by atoms with Crippen molar-refractivity contribution in [3.8, 4) is 5.75 Å². The van der Waals surface area contributed by atoms with E-state index in [4.69, 9.17) is 9.47 Å². The predicted octanol–water partition coefficient (Wildman–Crippen LogP) is 3.07. The topological polar surface area (TPSA) is 81.7 Å². The Morgan fingerprint density at radius 3 is 2.27 bits per heavy atom. The van der Waals surface area contributed by atoms with Gasteiger partial charge in [-0.3, -0.25) is 9.59 Å². The van der Waals surface area contributed by atoms with E-state index in [1.54, 1.807) is 24.3 Å². The number of aryl methyl sites for hydroxylation is 2. The smallest absolute Gasteiger partial charge is 0.344 e. The van der Waals surface area contributed by atoms with Gasteiger partial charge in [-0.05, 0) is 56.2 Å². The first-order valence-electron chi connectivity index (χ1n) is 8.15. The molecular weight excluding hydrogens is 334 g/mol. The summed E-state index contributed by atoms with van der Waals surface area (Å²) in [5.41, 5.74) is 3.08. The van der Waals surface area contributed by atoms with Crippen molar-refractivity contribution in [3.63, 3.8) is 0 Å². The first-order valence-corrected chi connectivity index (χ1v) is 8.15. The van der Waals surface area contributed by atoms with Crippen molar-refractivity contribution in [3.05, 3.63) is 59.2 Å². The minimum absolute atomic E-state index is 0.332. The predicted molar refractivity (Wildman–Crippen MR) is 97.4 cm³/mol. The van der Waals surface area contributed by atoms with E-state index in [1.807, 2.05) is 32.0 Å². The normalized spacial score (nSPS) is 11.3. The van der Waals surface area contributed by atoms with Gasteiger partial charge in [0.1, 0.15) is 12.0 Å². The highest BCUT2D eigenvalue weighted by atomic mass is 16.6. The van der Waals surface area contributed by atoms with Gasteiger partial charge in [-0.1, -0.05) is 18.2 Å². The average molecular weight is 355 g/mol. The molecule has 0 aliphatic carbocycles. The summed E-state index contributed by atoms with van der Waals surface area (Å²) in [6.45, 7) is 4.95. The Kier molecular flexibility index (Phi) is 6.49. The molecule has 6 heteroatoms. The lowest BCUT2D eigenvalue weighted by atomic mass is 10.1. The maximum Gasteiger partial charge on any atom is 0.344 e. The van der Waals surface area contributed by atoms with Crippen LogP contribution < -0.4 is 10.1 Å².